The quantitative estimate of drug-likeness (QED) is 0.534. The Hall–Kier alpha value is -0.890. The zero-order valence-corrected chi connectivity index (χ0v) is 4.75. The predicted octanol–water partition coefficient (Wildman–Crippen LogP) is 0.716. The van der Waals surface area contributed by atoms with Crippen LogP contribution in [0.25, 0.3) is 0 Å². The lowest BCUT2D eigenvalue weighted by Gasteiger charge is -1.72. The van der Waals surface area contributed by atoms with E-state index in [4.69, 9.17) is 5.73 Å². The average molecular weight is 110 g/mol. The topological polar surface area (TPSA) is 38.4 Å². The number of nitrogens with zero attached hydrogens (tertiary/aromatic N) is 1. The zero-order chi connectivity index (χ0) is 6.24. The van der Waals surface area contributed by atoms with Gasteiger partial charge in [0.25, 0.3) is 0 Å². The molecular weight excluding hydrogens is 100 g/mol. The molecule has 0 saturated heterocycles. The molecule has 0 aromatic heterocycles. The summed E-state index contributed by atoms with van der Waals surface area (Å²) in [6, 6.07) is 0. The third-order valence-electron chi connectivity index (χ3n) is 0.519. The van der Waals surface area contributed by atoms with E-state index < -0.39 is 0 Å². The molecule has 0 fully saturated rings. The van der Waals surface area contributed by atoms with Crippen LogP contribution in [0.2, 0.25) is 0 Å². The van der Waals surface area contributed by atoms with Crippen molar-refractivity contribution in [1.82, 2.24) is 0 Å². The summed E-state index contributed by atoms with van der Waals surface area (Å²) in [4.78, 5) is 3.78. The van der Waals surface area contributed by atoms with Crippen LogP contribution < -0.4 is 5.73 Å². The Bertz CT molecular complexity index is 103. The molecule has 0 bridgehead atoms. The van der Waals surface area contributed by atoms with E-state index in [0.29, 0.717) is 6.54 Å². The standard InChI is InChI=1S/C6H10N2/c1-2-5-8-6-3-4-7/h2-3,5-6H,1,4,7H2/b6-3-,8-5?. The van der Waals surface area contributed by atoms with Gasteiger partial charge in [-0.1, -0.05) is 18.7 Å². The molecule has 0 heterocycles. The molecule has 0 aromatic rings. The Morgan fingerprint density at radius 2 is 2.38 bits per heavy atom. The van der Waals surface area contributed by atoms with Crippen molar-refractivity contribution in [3.05, 3.63) is 24.9 Å². The second-order valence-corrected chi connectivity index (χ2v) is 1.15. The first kappa shape index (κ1) is 7.11. The van der Waals surface area contributed by atoms with Crippen LogP contribution in [0.5, 0.6) is 0 Å². The molecule has 2 N–H and O–H groups in total. The number of allylic oxidation sites excluding steroid dienone is 1. The van der Waals surface area contributed by atoms with E-state index in [1.807, 2.05) is 0 Å². The molecule has 0 rings (SSSR count). The lowest BCUT2D eigenvalue weighted by molar-refractivity contribution is 1.24. The smallest absolute Gasteiger partial charge is 0.0261 e. The molecule has 0 radical (unpaired) electrons. The average Bonchev–Trinajstić information content (AvgIpc) is 1.81. The van der Waals surface area contributed by atoms with Crippen molar-refractivity contribution in [2.75, 3.05) is 6.54 Å². The summed E-state index contributed by atoms with van der Waals surface area (Å²) in [7, 11) is 0. The summed E-state index contributed by atoms with van der Waals surface area (Å²) in [6.07, 6.45) is 6.62. The second kappa shape index (κ2) is 6.11. The zero-order valence-electron chi connectivity index (χ0n) is 4.75. The van der Waals surface area contributed by atoms with Gasteiger partial charge in [-0.3, -0.25) is 4.99 Å². The van der Waals surface area contributed by atoms with Crippen molar-refractivity contribution in [2.45, 2.75) is 0 Å². The fourth-order valence-corrected chi connectivity index (χ4v) is 0.232. The van der Waals surface area contributed by atoms with E-state index in [1.165, 1.54) is 0 Å². The minimum Gasteiger partial charge on any atom is -0.327 e. The van der Waals surface area contributed by atoms with Crippen LogP contribution in [-0.2, 0) is 0 Å². The predicted molar refractivity (Wildman–Crippen MR) is 36.9 cm³/mol. The molecular formula is C6H10N2. The Kier molecular flexibility index (Phi) is 5.43. The van der Waals surface area contributed by atoms with Crippen molar-refractivity contribution in [1.29, 1.82) is 0 Å². The molecule has 2 heteroatoms. The third-order valence-corrected chi connectivity index (χ3v) is 0.519. The number of aliphatic imine (C=N–C) groups is 1. The molecule has 0 saturated carbocycles. The molecule has 0 amide bonds. The van der Waals surface area contributed by atoms with Crippen molar-refractivity contribution < 1.29 is 0 Å². The molecule has 0 spiro atoms. The third kappa shape index (κ3) is 5.11. The van der Waals surface area contributed by atoms with Crippen LogP contribution in [0.4, 0.5) is 0 Å². The van der Waals surface area contributed by atoms with Crippen LogP contribution in [-0.4, -0.2) is 12.8 Å². The van der Waals surface area contributed by atoms with Gasteiger partial charge in [0.05, 0.1) is 0 Å². The van der Waals surface area contributed by atoms with Crippen LogP contribution >= 0.6 is 0 Å². The fraction of sp³-hybridized carbons (Fsp3) is 0.167. The van der Waals surface area contributed by atoms with Gasteiger partial charge in [-0.2, -0.15) is 0 Å². The minimum absolute atomic E-state index is 0.536. The first-order chi connectivity index (χ1) is 3.91. The van der Waals surface area contributed by atoms with Crippen molar-refractivity contribution in [3.63, 3.8) is 0 Å². The summed E-state index contributed by atoms with van der Waals surface area (Å²) in [6.45, 7) is 3.98. The van der Waals surface area contributed by atoms with E-state index >= 15 is 0 Å². The molecule has 0 aliphatic carbocycles. The Morgan fingerprint density at radius 3 is 2.88 bits per heavy atom. The van der Waals surface area contributed by atoms with Crippen molar-refractivity contribution in [2.24, 2.45) is 10.7 Å². The summed E-state index contributed by atoms with van der Waals surface area (Å²) in [5.74, 6) is 0. The molecule has 2 nitrogen and oxygen atoms in total. The second-order valence-electron chi connectivity index (χ2n) is 1.15. The maximum atomic E-state index is 5.12. The Balaban J connectivity index is 3.26. The highest BCUT2D eigenvalue weighted by Gasteiger charge is 1.58. The van der Waals surface area contributed by atoms with Crippen LogP contribution in [0.3, 0.4) is 0 Å². The SMILES string of the molecule is C=CC=N/C=C\CN. The first-order valence-electron chi connectivity index (χ1n) is 2.41. The van der Waals surface area contributed by atoms with E-state index in [9.17, 15) is 0 Å². The highest BCUT2D eigenvalue weighted by Crippen LogP contribution is 1.69. The number of hydrogen-bond acceptors (Lipinski definition) is 2. The molecule has 0 aromatic carbocycles. The summed E-state index contributed by atoms with van der Waals surface area (Å²) in [5, 5.41) is 0. The van der Waals surface area contributed by atoms with Gasteiger partial charge in [-0.25, -0.2) is 0 Å². The minimum atomic E-state index is 0.536. The summed E-state index contributed by atoms with van der Waals surface area (Å²) in [5.41, 5.74) is 5.12. The number of rotatable bonds is 3. The highest BCUT2D eigenvalue weighted by molar-refractivity contribution is 5.70. The van der Waals surface area contributed by atoms with E-state index in [2.05, 4.69) is 11.6 Å². The maximum Gasteiger partial charge on any atom is 0.0261 e. The maximum absolute atomic E-state index is 5.12. The van der Waals surface area contributed by atoms with Crippen LogP contribution in [0, 0.1) is 0 Å². The van der Waals surface area contributed by atoms with E-state index in [-0.39, 0.29) is 0 Å². The van der Waals surface area contributed by atoms with Gasteiger partial charge in [0.2, 0.25) is 0 Å². The molecule has 0 unspecified atom stereocenters. The lowest BCUT2D eigenvalue weighted by atomic mass is 10.6. The molecule has 0 aliphatic rings. The summed E-state index contributed by atoms with van der Waals surface area (Å²) < 4.78 is 0. The van der Waals surface area contributed by atoms with Gasteiger partial charge >= 0.3 is 0 Å². The number of nitrogens with two attached hydrogens (primary N) is 1. The lowest BCUT2D eigenvalue weighted by Crippen LogP contribution is -1.91. The van der Waals surface area contributed by atoms with Gasteiger partial charge in [0.1, 0.15) is 0 Å². The normalized spacial score (nSPS) is 11.1. The van der Waals surface area contributed by atoms with Crippen molar-refractivity contribution >= 4 is 6.21 Å². The first-order valence-corrected chi connectivity index (χ1v) is 2.41. The summed E-state index contributed by atoms with van der Waals surface area (Å²) >= 11 is 0. The molecule has 8 heavy (non-hydrogen) atoms. The van der Waals surface area contributed by atoms with Gasteiger partial charge in [-0.15, -0.1) is 0 Å². The Labute approximate surface area is 49.4 Å². The van der Waals surface area contributed by atoms with Gasteiger partial charge < -0.3 is 5.73 Å². The van der Waals surface area contributed by atoms with Crippen LogP contribution in [0.1, 0.15) is 0 Å². The van der Waals surface area contributed by atoms with E-state index in [0.717, 1.165) is 0 Å². The van der Waals surface area contributed by atoms with Gasteiger partial charge in [-0.05, 0) is 0 Å². The fourth-order valence-electron chi connectivity index (χ4n) is 0.232. The van der Waals surface area contributed by atoms with Gasteiger partial charge in [0, 0.05) is 19.0 Å². The number of hydrogen-bond donors (Lipinski definition) is 1. The molecule has 0 atom stereocenters. The van der Waals surface area contributed by atoms with Crippen LogP contribution in [0.15, 0.2) is 29.9 Å². The van der Waals surface area contributed by atoms with Crippen molar-refractivity contribution in [3.8, 4) is 0 Å². The molecule has 0 aliphatic heterocycles. The Morgan fingerprint density at radius 1 is 1.62 bits per heavy atom. The molecule has 44 valence electrons. The van der Waals surface area contributed by atoms with E-state index in [1.54, 1.807) is 24.6 Å². The monoisotopic (exact) mass is 110 g/mol. The highest BCUT2D eigenvalue weighted by atomic mass is 14.7. The van der Waals surface area contributed by atoms with Gasteiger partial charge in [0.15, 0.2) is 0 Å². The largest absolute Gasteiger partial charge is 0.327 e.